The number of nitrogens with zero attached hydrogens (tertiary/aromatic N) is 1. The van der Waals surface area contributed by atoms with Crippen LogP contribution in [0.3, 0.4) is 0 Å². The molecule has 2 rings (SSSR count). The summed E-state index contributed by atoms with van der Waals surface area (Å²) in [4.78, 5) is 0. The van der Waals surface area contributed by atoms with Gasteiger partial charge < -0.3 is 5.21 Å². The highest BCUT2D eigenvalue weighted by Gasteiger charge is 2.00. The van der Waals surface area contributed by atoms with Crippen LogP contribution < -0.4 is 0 Å². The van der Waals surface area contributed by atoms with Crippen molar-refractivity contribution in [3.63, 3.8) is 0 Å². The standard InChI is InChI=1S/C14H11Cl2NO/c15-13-6-4-11(5-7-13)9-17(18)10-12-2-1-3-14(16)8-12/h1-9H,10H2. The summed E-state index contributed by atoms with van der Waals surface area (Å²) in [5, 5.41) is 13.0. The fourth-order valence-corrected chi connectivity index (χ4v) is 1.91. The maximum absolute atomic E-state index is 11.8. The predicted octanol–water partition coefficient (Wildman–Crippen LogP) is 4.12. The second kappa shape index (κ2) is 5.89. The molecular formula is C14H11Cl2NO. The molecule has 0 unspecified atom stereocenters. The van der Waals surface area contributed by atoms with Crippen LogP contribution >= 0.6 is 23.2 Å². The molecule has 0 radical (unpaired) electrons. The minimum Gasteiger partial charge on any atom is -0.624 e. The van der Waals surface area contributed by atoms with Crippen LogP contribution in [0.25, 0.3) is 0 Å². The monoisotopic (exact) mass is 279 g/mol. The molecule has 0 fully saturated rings. The summed E-state index contributed by atoms with van der Waals surface area (Å²) in [5.41, 5.74) is 1.69. The normalized spacial score (nSPS) is 11.6. The summed E-state index contributed by atoms with van der Waals surface area (Å²) in [6, 6.07) is 14.4. The Morgan fingerprint density at radius 2 is 1.72 bits per heavy atom. The van der Waals surface area contributed by atoms with E-state index in [2.05, 4.69) is 0 Å². The molecule has 0 saturated heterocycles. The summed E-state index contributed by atoms with van der Waals surface area (Å²) >= 11 is 11.6. The fourth-order valence-electron chi connectivity index (χ4n) is 1.58. The van der Waals surface area contributed by atoms with Crippen LogP contribution in [0.1, 0.15) is 11.1 Å². The lowest BCUT2D eigenvalue weighted by Crippen LogP contribution is -2.05. The maximum atomic E-state index is 11.8. The number of benzene rings is 2. The van der Waals surface area contributed by atoms with E-state index in [0.717, 1.165) is 15.9 Å². The molecule has 0 spiro atoms. The minimum absolute atomic E-state index is 0.267. The first-order chi connectivity index (χ1) is 8.63. The SMILES string of the molecule is [O-][N+](=Cc1ccc(Cl)cc1)Cc1cccc(Cl)c1. The van der Waals surface area contributed by atoms with Gasteiger partial charge in [0.25, 0.3) is 0 Å². The number of halogens is 2. The Hall–Kier alpha value is -1.51. The van der Waals surface area contributed by atoms with Gasteiger partial charge in [-0.25, -0.2) is 4.74 Å². The van der Waals surface area contributed by atoms with Crippen molar-refractivity contribution in [2.75, 3.05) is 0 Å². The molecule has 18 heavy (non-hydrogen) atoms. The van der Waals surface area contributed by atoms with E-state index >= 15 is 0 Å². The zero-order valence-electron chi connectivity index (χ0n) is 9.51. The number of hydrogen-bond donors (Lipinski definition) is 0. The lowest BCUT2D eigenvalue weighted by atomic mass is 10.2. The van der Waals surface area contributed by atoms with Crippen molar-refractivity contribution in [3.05, 3.63) is 74.9 Å². The lowest BCUT2D eigenvalue weighted by Gasteiger charge is -2.04. The molecule has 0 aliphatic heterocycles. The Morgan fingerprint density at radius 3 is 2.39 bits per heavy atom. The van der Waals surface area contributed by atoms with Gasteiger partial charge in [-0.3, -0.25) is 0 Å². The first kappa shape index (κ1) is 12.9. The van der Waals surface area contributed by atoms with E-state index in [0.29, 0.717) is 10.0 Å². The number of rotatable bonds is 3. The Labute approximate surface area is 116 Å². The van der Waals surface area contributed by atoms with Gasteiger partial charge in [0.15, 0.2) is 12.8 Å². The van der Waals surface area contributed by atoms with Crippen molar-refractivity contribution in [3.8, 4) is 0 Å². The molecule has 4 heteroatoms. The van der Waals surface area contributed by atoms with Crippen LogP contribution in [0, 0.1) is 5.21 Å². The van der Waals surface area contributed by atoms with Gasteiger partial charge >= 0.3 is 0 Å². The average Bonchev–Trinajstić information content (AvgIpc) is 2.32. The molecule has 0 aromatic heterocycles. The van der Waals surface area contributed by atoms with Gasteiger partial charge in [-0.15, -0.1) is 0 Å². The zero-order chi connectivity index (χ0) is 13.0. The maximum Gasteiger partial charge on any atom is 0.182 e. The summed E-state index contributed by atoms with van der Waals surface area (Å²) < 4.78 is 0.870. The molecule has 0 atom stereocenters. The van der Waals surface area contributed by atoms with Crippen LogP contribution in [0.2, 0.25) is 10.0 Å². The zero-order valence-corrected chi connectivity index (χ0v) is 11.0. The van der Waals surface area contributed by atoms with Gasteiger partial charge in [0.05, 0.1) is 0 Å². The van der Waals surface area contributed by atoms with Crippen molar-refractivity contribution < 1.29 is 4.74 Å². The summed E-state index contributed by atoms with van der Waals surface area (Å²) in [7, 11) is 0. The van der Waals surface area contributed by atoms with Crippen LogP contribution in [-0.2, 0) is 6.54 Å². The van der Waals surface area contributed by atoms with E-state index in [9.17, 15) is 5.21 Å². The first-order valence-corrected chi connectivity index (χ1v) is 6.18. The van der Waals surface area contributed by atoms with Gasteiger partial charge in [0, 0.05) is 21.2 Å². The van der Waals surface area contributed by atoms with Crippen molar-refractivity contribution in [2.24, 2.45) is 0 Å². The van der Waals surface area contributed by atoms with Gasteiger partial charge in [0.2, 0.25) is 0 Å². The lowest BCUT2D eigenvalue weighted by molar-refractivity contribution is -0.469. The topological polar surface area (TPSA) is 26.1 Å². The Balaban J connectivity index is 2.12. The molecule has 92 valence electrons. The second-order valence-corrected chi connectivity index (χ2v) is 4.76. The fraction of sp³-hybridized carbons (Fsp3) is 0.0714. The highest BCUT2D eigenvalue weighted by Crippen LogP contribution is 2.11. The van der Waals surface area contributed by atoms with E-state index in [-0.39, 0.29) is 6.54 Å². The number of hydrogen-bond acceptors (Lipinski definition) is 1. The molecule has 0 aliphatic rings. The average molecular weight is 280 g/mol. The van der Waals surface area contributed by atoms with Crippen LogP contribution in [0.5, 0.6) is 0 Å². The Morgan fingerprint density at radius 1 is 1.00 bits per heavy atom. The highest BCUT2D eigenvalue weighted by atomic mass is 35.5. The Kier molecular flexibility index (Phi) is 4.24. The summed E-state index contributed by atoms with van der Waals surface area (Å²) in [6.45, 7) is 0.267. The summed E-state index contributed by atoms with van der Waals surface area (Å²) in [5.74, 6) is 0. The molecule has 2 aromatic rings. The largest absolute Gasteiger partial charge is 0.624 e. The molecular weight excluding hydrogens is 269 g/mol. The van der Waals surface area contributed by atoms with Crippen LogP contribution in [0.15, 0.2) is 48.5 Å². The molecule has 0 aliphatic carbocycles. The Bertz CT molecular complexity index is 564. The second-order valence-electron chi connectivity index (χ2n) is 3.89. The van der Waals surface area contributed by atoms with Crippen molar-refractivity contribution in [2.45, 2.75) is 6.54 Å². The minimum atomic E-state index is 0.267. The third kappa shape index (κ3) is 3.76. The van der Waals surface area contributed by atoms with E-state index in [4.69, 9.17) is 23.2 Å². The first-order valence-electron chi connectivity index (χ1n) is 5.42. The third-order valence-electron chi connectivity index (χ3n) is 2.39. The molecule has 0 heterocycles. The van der Waals surface area contributed by atoms with Crippen molar-refractivity contribution >= 4 is 29.4 Å². The van der Waals surface area contributed by atoms with Crippen LogP contribution in [0.4, 0.5) is 0 Å². The molecule has 0 amide bonds. The van der Waals surface area contributed by atoms with E-state index in [1.54, 1.807) is 36.4 Å². The van der Waals surface area contributed by atoms with Crippen LogP contribution in [-0.4, -0.2) is 11.0 Å². The quantitative estimate of drug-likeness (QED) is 0.359. The molecule has 0 bridgehead atoms. The smallest absolute Gasteiger partial charge is 0.182 e. The molecule has 2 aromatic carbocycles. The highest BCUT2D eigenvalue weighted by molar-refractivity contribution is 6.30. The van der Waals surface area contributed by atoms with E-state index in [1.807, 2.05) is 12.1 Å². The van der Waals surface area contributed by atoms with Gasteiger partial charge in [-0.1, -0.05) is 35.3 Å². The molecule has 0 N–H and O–H groups in total. The predicted molar refractivity (Wildman–Crippen MR) is 75.4 cm³/mol. The third-order valence-corrected chi connectivity index (χ3v) is 2.88. The van der Waals surface area contributed by atoms with Crippen molar-refractivity contribution in [1.29, 1.82) is 0 Å². The van der Waals surface area contributed by atoms with Gasteiger partial charge in [-0.2, -0.15) is 0 Å². The van der Waals surface area contributed by atoms with E-state index in [1.165, 1.54) is 6.21 Å². The van der Waals surface area contributed by atoms with Gasteiger partial charge in [-0.05, 0) is 36.4 Å². The molecule has 2 nitrogen and oxygen atoms in total. The van der Waals surface area contributed by atoms with Gasteiger partial charge in [0.1, 0.15) is 0 Å². The number of hydroxylamine groups is 1. The van der Waals surface area contributed by atoms with Crippen molar-refractivity contribution in [1.82, 2.24) is 0 Å². The molecule has 0 saturated carbocycles. The van der Waals surface area contributed by atoms with E-state index < -0.39 is 0 Å². The summed E-state index contributed by atoms with van der Waals surface area (Å²) in [6.07, 6.45) is 1.53.